The Kier molecular flexibility index (Phi) is 4.18. The summed E-state index contributed by atoms with van der Waals surface area (Å²) in [5, 5.41) is 9.26. The summed E-state index contributed by atoms with van der Waals surface area (Å²) in [4.78, 5) is 11.3. The van der Waals surface area contributed by atoms with E-state index < -0.39 is 12.1 Å². The van der Waals surface area contributed by atoms with Crippen molar-refractivity contribution in [3.63, 3.8) is 0 Å². The summed E-state index contributed by atoms with van der Waals surface area (Å²) in [5.41, 5.74) is 2.07. The van der Waals surface area contributed by atoms with Gasteiger partial charge in [0.25, 0.3) is 0 Å². The van der Waals surface area contributed by atoms with Crippen LogP contribution in [0.2, 0.25) is 0 Å². The lowest BCUT2D eigenvalue weighted by Gasteiger charge is -2.16. The first-order valence-electron chi connectivity index (χ1n) is 6.16. The van der Waals surface area contributed by atoms with Gasteiger partial charge >= 0.3 is 5.97 Å². The van der Waals surface area contributed by atoms with Gasteiger partial charge in [0.05, 0.1) is 0 Å². The van der Waals surface area contributed by atoms with Crippen LogP contribution < -0.4 is 4.74 Å². The van der Waals surface area contributed by atoms with E-state index in [-0.39, 0.29) is 0 Å². The van der Waals surface area contributed by atoms with E-state index >= 15 is 0 Å². The SMILES string of the molecule is Cc1ccccc1CC(Oc1ccccc1)C(=O)O. The van der Waals surface area contributed by atoms with Gasteiger partial charge < -0.3 is 9.84 Å². The van der Waals surface area contributed by atoms with Gasteiger partial charge in [-0.3, -0.25) is 0 Å². The zero-order chi connectivity index (χ0) is 13.7. The molecule has 2 rings (SSSR count). The van der Waals surface area contributed by atoms with Gasteiger partial charge in [-0.15, -0.1) is 0 Å². The van der Waals surface area contributed by atoms with E-state index in [9.17, 15) is 9.90 Å². The van der Waals surface area contributed by atoms with Crippen molar-refractivity contribution in [2.75, 3.05) is 0 Å². The number of hydrogen-bond acceptors (Lipinski definition) is 2. The first-order chi connectivity index (χ1) is 9.16. The van der Waals surface area contributed by atoms with Crippen LogP contribution in [0.5, 0.6) is 5.75 Å². The number of aryl methyl sites for hydroxylation is 1. The molecule has 98 valence electrons. The van der Waals surface area contributed by atoms with E-state index in [0.29, 0.717) is 12.2 Å². The molecular weight excluding hydrogens is 240 g/mol. The minimum atomic E-state index is -0.952. The Morgan fingerprint density at radius 2 is 1.74 bits per heavy atom. The lowest BCUT2D eigenvalue weighted by molar-refractivity contribution is -0.145. The van der Waals surface area contributed by atoms with Crippen LogP contribution >= 0.6 is 0 Å². The number of carboxylic acid groups (broad SMARTS) is 1. The molecule has 0 aliphatic carbocycles. The Morgan fingerprint density at radius 1 is 1.11 bits per heavy atom. The number of carboxylic acids is 1. The van der Waals surface area contributed by atoms with Crippen LogP contribution in [0.15, 0.2) is 54.6 Å². The molecule has 3 heteroatoms. The third kappa shape index (κ3) is 3.58. The standard InChI is InChI=1S/C16H16O3/c1-12-7-5-6-8-13(12)11-15(16(17)18)19-14-9-3-2-4-10-14/h2-10,15H,11H2,1H3,(H,17,18). The van der Waals surface area contributed by atoms with Crippen LogP contribution in [-0.4, -0.2) is 17.2 Å². The molecule has 0 saturated heterocycles. The fourth-order valence-electron chi connectivity index (χ4n) is 1.88. The van der Waals surface area contributed by atoms with Gasteiger partial charge in [-0.05, 0) is 30.2 Å². The van der Waals surface area contributed by atoms with E-state index in [1.165, 1.54) is 0 Å². The summed E-state index contributed by atoms with van der Waals surface area (Å²) in [6, 6.07) is 16.8. The molecule has 0 spiro atoms. The van der Waals surface area contributed by atoms with Gasteiger partial charge in [0, 0.05) is 6.42 Å². The van der Waals surface area contributed by atoms with Crippen LogP contribution in [0.3, 0.4) is 0 Å². The molecule has 2 aromatic carbocycles. The summed E-state index contributed by atoms with van der Waals surface area (Å²) in [6.07, 6.45) is -0.514. The largest absolute Gasteiger partial charge is 0.478 e. The number of hydrogen-bond donors (Lipinski definition) is 1. The highest BCUT2D eigenvalue weighted by atomic mass is 16.5. The molecule has 0 aliphatic rings. The average molecular weight is 256 g/mol. The minimum absolute atomic E-state index is 0.358. The molecule has 3 nitrogen and oxygen atoms in total. The molecule has 0 amide bonds. The van der Waals surface area contributed by atoms with Crippen LogP contribution in [0, 0.1) is 6.92 Å². The van der Waals surface area contributed by atoms with E-state index in [2.05, 4.69) is 0 Å². The summed E-state index contributed by atoms with van der Waals surface area (Å²) >= 11 is 0. The summed E-state index contributed by atoms with van der Waals surface area (Å²) < 4.78 is 5.54. The Labute approximate surface area is 112 Å². The van der Waals surface area contributed by atoms with Crippen molar-refractivity contribution >= 4 is 5.97 Å². The third-order valence-corrected chi connectivity index (χ3v) is 2.96. The lowest BCUT2D eigenvalue weighted by Crippen LogP contribution is -2.29. The number of ether oxygens (including phenoxy) is 1. The molecule has 0 heterocycles. The number of benzene rings is 2. The first kappa shape index (κ1) is 13.1. The molecule has 0 aliphatic heterocycles. The Hall–Kier alpha value is -2.29. The monoisotopic (exact) mass is 256 g/mol. The second-order valence-corrected chi connectivity index (χ2v) is 4.39. The van der Waals surface area contributed by atoms with E-state index in [4.69, 9.17) is 4.74 Å². The maximum Gasteiger partial charge on any atom is 0.345 e. The van der Waals surface area contributed by atoms with Gasteiger partial charge in [-0.1, -0.05) is 42.5 Å². The number of carbonyl (C=O) groups is 1. The van der Waals surface area contributed by atoms with Crippen molar-refractivity contribution in [3.8, 4) is 5.75 Å². The number of para-hydroxylation sites is 1. The van der Waals surface area contributed by atoms with Crippen LogP contribution in [0.1, 0.15) is 11.1 Å². The summed E-state index contributed by atoms with van der Waals surface area (Å²) in [7, 11) is 0. The minimum Gasteiger partial charge on any atom is -0.478 e. The first-order valence-corrected chi connectivity index (χ1v) is 6.16. The number of aliphatic carboxylic acids is 1. The smallest absolute Gasteiger partial charge is 0.345 e. The lowest BCUT2D eigenvalue weighted by atomic mass is 10.0. The van der Waals surface area contributed by atoms with Crippen LogP contribution in [0.25, 0.3) is 0 Å². The molecule has 1 unspecified atom stereocenters. The molecule has 2 aromatic rings. The van der Waals surface area contributed by atoms with Gasteiger partial charge in [-0.2, -0.15) is 0 Å². The molecule has 0 saturated carbocycles. The average Bonchev–Trinajstić information content (AvgIpc) is 2.41. The second kappa shape index (κ2) is 6.05. The zero-order valence-corrected chi connectivity index (χ0v) is 10.7. The van der Waals surface area contributed by atoms with Gasteiger partial charge in [0.2, 0.25) is 0 Å². The molecule has 1 N–H and O–H groups in total. The Balaban J connectivity index is 2.13. The van der Waals surface area contributed by atoms with Crippen molar-refractivity contribution in [1.82, 2.24) is 0 Å². The quantitative estimate of drug-likeness (QED) is 0.894. The molecule has 19 heavy (non-hydrogen) atoms. The van der Waals surface area contributed by atoms with Gasteiger partial charge in [0.15, 0.2) is 6.10 Å². The van der Waals surface area contributed by atoms with Crippen molar-refractivity contribution in [3.05, 3.63) is 65.7 Å². The molecule has 1 atom stereocenters. The van der Waals surface area contributed by atoms with E-state index in [1.807, 2.05) is 49.4 Å². The predicted octanol–water partition coefficient (Wildman–Crippen LogP) is 3.07. The Bertz CT molecular complexity index is 549. The predicted molar refractivity (Wildman–Crippen MR) is 73.4 cm³/mol. The van der Waals surface area contributed by atoms with Crippen LogP contribution in [-0.2, 0) is 11.2 Å². The highest BCUT2D eigenvalue weighted by Crippen LogP contribution is 2.16. The van der Waals surface area contributed by atoms with Crippen LogP contribution in [0.4, 0.5) is 0 Å². The topological polar surface area (TPSA) is 46.5 Å². The highest BCUT2D eigenvalue weighted by Gasteiger charge is 2.20. The number of rotatable bonds is 5. The molecule has 0 fully saturated rings. The van der Waals surface area contributed by atoms with E-state index in [1.54, 1.807) is 12.1 Å². The highest BCUT2D eigenvalue weighted by molar-refractivity contribution is 5.73. The van der Waals surface area contributed by atoms with Crippen molar-refractivity contribution in [1.29, 1.82) is 0 Å². The summed E-state index contributed by atoms with van der Waals surface area (Å²) in [5.74, 6) is -0.379. The molecule has 0 radical (unpaired) electrons. The Morgan fingerprint density at radius 3 is 2.37 bits per heavy atom. The van der Waals surface area contributed by atoms with Crippen molar-refractivity contribution in [2.45, 2.75) is 19.4 Å². The van der Waals surface area contributed by atoms with Gasteiger partial charge in [0.1, 0.15) is 5.75 Å². The van der Waals surface area contributed by atoms with Gasteiger partial charge in [-0.25, -0.2) is 4.79 Å². The zero-order valence-electron chi connectivity index (χ0n) is 10.7. The maximum atomic E-state index is 11.3. The third-order valence-electron chi connectivity index (χ3n) is 2.96. The summed E-state index contributed by atoms with van der Waals surface area (Å²) in [6.45, 7) is 1.97. The fraction of sp³-hybridized carbons (Fsp3) is 0.188. The maximum absolute atomic E-state index is 11.3. The van der Waals surface area contributed by atoms with Crippen molar-refractivity contribution < 1.29 is 14.6 Å². The van der Waals surface area contributed by atoms with Crippen molar-refractivity contribution in [2.24, 2.45) is 0 Å². The normalized spacial score (nSPS) is 11.8. The van der Waals surface area contributed by atoms with E-state index in [0.717, 1.165) is 11.1 Å². The molecular formula is C16H16O3. The molecule has 0 bridgehead atoms. The second-order valence-electron chi connectivity index (χ2n) is 4.39. The fourth-order valence-corrected chi connectivity index (χ4v) is 1.88. The molecule has 0 aromatic heterocycles.